The van der Waals surface area contributed by atoms with E-state index in [9.17, 15) is 9.59 Å². The summed E-state index contributed by atoms with van der Waals surface area (Å²) in [5.41, 5.74) is 8.31. The Bertz CT molecular complexity index is 1360. The minimum Gasteiger partial charge on any atom is -0.463 e. The first-order valence-electron chi connectivity index (χ1n) is 12.5. The number of unbranched alkanes of at least 4 members (excludes halogenated alkanes) is 1. The Balaban J connectivity index is 1.46. The number of nitrogens with zero attached hydrogens (tertiary/aromatic N) is 6. The summed E-state index contributed by atoms with van der Waals surface area (Å²) in [5, 5.41) is 0. The summed E-state index contributed by atoms with van der Waals surface area (Å²) in [6.07, 6.45) is 8.12. The Morgan fingerprint density at radius 2 is 2.00 bits per heavy atom. The van der Waals surface area contributed by atoms with Crippen molar-refractivity contribution < 1.29 is 9.53 Å². The van der Waals surface area contributed by atoms with Gasteiger partial charge in [-0.25, -0.2) is 4.79 Å². The number of carbonyl (C=O) groups excluding carboxylic acids is 1. The lowest BCUT2D eigenvalue weighted by molar-refractivity contribution is -0.131. The SMILES string of the molecule is CCCCOc1nc(N)c2[nH]c(=O)n(CCCN(Cc3ccccc3)C(=O)CCc3cnccn3)c2n1. The third-order valence-corrected chi connectivity index (χ3v) is 5.95. The quantitative estimate of drug-likeness (QED) is 0.264. The van der Waals surface area contributed by atoms with E-state index >= 15 is 0 Å². The molecule has 4 rings (SSSR count). The molecule has 3 heterocycles. The minimum atomic E-state index is -0.328. The maximum absolute atomic E-state index is 13.2. The van der Waals surface area contributed by atoms with E-state index in [1.165, 1.54) is 4.57 Å². The fourth-order valence-electron chi connectivity index (χ4n) is 3.98. The van der Waals surface area contributed by atoms with Crippen LogP contribution in [0.25, 0.3) is 11.2 Å². The molecule has 3 N–H and O–H groups in total. The predicted molar refractivity (Wildman–Crippen MR) is 140 cm³/mol. The molecule has 0 unspecified atom stereocenters. The fourth-order valence-corrected chi connectivity index (χ4v) is 3.98. The molecule has 0 atom stereocenters. The highest BCUT2D eigenvalue weighted by Crippen LogP contribution is 2.18. The van der Waals surface area contributed by atoms with Crippen LogP contribution >= 0.6 is 0 Å². The van der Waals surface area contributed by atoms with Crippen molar-refractivity contribution in [1.82, 2.24) is 34.4 Å². The summed E-state index contributed by atoms with van der Waals surface area (Å²) in [6, 6.07) is 9.98. The Labute approximate surface area is 214 Å². The van der Waals surface area contributed by atoms with Crippen molar-refractivity contribution in [2.45, 2.75) is 52.1 Å². The third-order valence-electron chi connectivity index (χ3n) is 5.95. The van der Waals surface area contributed by atoms with Crippen LogP contribution in [0.5, 0.6) is 6.01 Å². The van der Waals surface area contributed by atoms with Gasteiger partial charge in [0.25, 0.3) is 0 Å². The molecule has 4 aromatic rings. The number of benzene rings is 1. The van der Waals surface area contributed by atoms with Crippen LogP contribution in [0.2, 0.25) is 0 Å². The number of hydrogen-bond donors (Lipinski definition) is 2. The highest BCUT2D eigenvalue weighted by molar-refractivity contribution is 5.81. The zero-order valence-electron chi connectivity index (χ0n) is 21.0. The average Bonchev–Trinajstić information content (AvgIpc) is 3.23. The fraction of sp³-hybridized carbons (Fsp3) is 0.385. The maximum Gasteiger partial charge on any atom is 0.327 e. The third kappa shape index (κ3) is 6.90. The second kappa shape index (κ2) is 12.6. The molecular formula is C26H32N8O3. The van der Waals surface area contributed by atoms with Crippen molar-refractivity contribution in [3.63, 3.8) is 0 Å². The van der Waals surface area contributed by atoms with E-state index in [1.54, 1.807) is 18.6 Å². The summed E-state index contributed by atoms with van der Waals surface area (Å²) >= 11 is 0. The number of aromatic amines is 1. The number of ether oxygens (including phenoxy) is 1. The molecule has 0 aliphatic rings. The maximum atomic E-state index is 13.2. The van der Waals surface area contributed by atoms with Gasteiger partial charge < -0.3 is 20.4 Å². The molecule has 0 saturated carbocycles. The van der Waals surface area contributed by atoms with Crippen LogP contribution in [0.3, 0.4) is 0 Å². The van der Waals surface area contributed by atoms with Gasteiger partial charge in [-0.15, -0.1) is 0 Å². The van der Waals surface area contributed by atoms with Gasteiger partial charge in [0.05, 0.1) is 12.3 Å². The van der Waals surface area contributed by atoms with E-state index in [-0.39, 0.29) is 23.4 Å². The molecule has 1 aromatic carbocycles. The highest BCUT2D eigenvalue weighted by atomic mass is 16.5. The number of nitrogens with one attached hydrogen (secondary N) is 1. The summed E-state index contributed by atoms with van der Waals surface area (Å²) in [5.74, 6) is 0.177. The molecule has 37 heavy (non-hydrogen) atoms. The lowest BCUT2D eigenvalue weighted by atomic mass is 10.1. The molecule has 0 saturated heterocycles. The second-order valence-electron chi connectivity index (χ2n) is 8.73. The van der Waals surface area contributed by atoms with E-state index < -0.39 is 0 Å². The van der Waals surface area contributed by atoms with Gasteiger partial charge in [-0.1, -0.05) is 43.7 Å². The van der Waals surface area contributed by atoms with Crippen LogP contribution in [0.4, 0.5) is 5.82 Å². The number of fused-ring (bicyclic) bond motifs is 1. The van der Waals surface area contributed by atoms with Gasteiger partial charge in [-0.2, -0.15) is 9.97 Å². The number of nitrogen functional groups attached to an aromatic ring is 1. The minimum absolute atomic E-state index is 0.0129. The molecule has 0 radical (unpaired) electrons. The van der Waals surface area contributed by atoms with Gasteiger partial charge in [0.2, 0.25) is 5.91 Å². The summed E-state index contributed by atoms with van der Waals surface area (Å²) in [4.78, 5) is 47.3. The van der Waals surface area contributed by atoms with Crippen LogP contribution in [0, 0.1) is 0 Å². The first kappa shape index (κ1) is 25.8. The van der Waals surface area contributed by atoms with E-state index in [0.29, 0.717) is 56.7 Å². The number of nitrogens with two attached hydrogens (primary N) is 1. The van der Waals surface area contributed by atoms with Crippen molar-refractivity contribution in [1.29, 1.82) is 0 Å². The molecule has 194 valence electrons. The first-order valence-corrected chi connectivity index (χ1v) is 12.5. The first-order chi connectivity index (χ1) is 18.0. The number of imidazole rings is 1. The number of H-pyrrole nitrogens is 1. The number of rotatable bonds is 13. The molecule has 0 spiro atoms. The molecule has 3 aromatic heterocycles. The Morgan fingerprint density at radius 3 is 2.76 bits per heavy atom. The summed E-state index contributed by atoms with van der Waals surface area (Å²) < 4.78 is 7.13. The number of carbonyl (C=O) groups is 1. The van der Waals surface area contributed by atoms with E-state index in [1.807, 2.05) is 35.2 Å². The molecule has 0 aliphatic carbocycles. The average molecular weight is 505 g/mol. The van der Waals surface area contributed by atoms with E-state index in [2.05, 4.69) is 31.8 Å². The number of aryl methyl sites for hydroxylation is 2. The van der Waals surface area contributed by atoms with Crippen LogP contribution in [0.1, 0.15) is 43.9 Å². The Kier molecular flexibility index (Phi) is 8.79. The normalized spacial score (nSPS) is 11.1. The van der Waals surface area contributed by atoms with Gasteiger partial charge in [0.1, 0.15) is 5.52 Å². The van der Waals surface area contributed by atoms with E-state index in [4.69, 9.17) is 10.5 Å². The van der Waals surface area contributed by atoms with Gasteiger partial charge in [-0.05, 0) is 24.8 Å². The molecule has 0 fully saturated rings. The van der Waals surface area contributed by atoms with Crippen molar-refractivity contribution in [3.8, 4) is 6.01 Å². The molecule has 11 heteroatoms. The predicted octanol–water partition coefficient (Wildman–Crippen LogP) is 2.72. The van der Waals surface area contributed by atoms with Crippen LogP contribution < -0.4 is 16.2 Å². The smallest absolute Gasteiger partial charge is 0.327 e. The van der Waals surface area contributed by atoms with E-state index in [0.717, 1.165) is 24.1 Å². The van der Waals surface area contributed by atoms with Crippen molar-refractivity contribution in [2.75, 3.05) is 18.9 Å². The lowest BCUT2D eigenvalue weighted by Gasteiger charge is -2.23. The lowest BCUT2D eigenvalue weighted by Crippen LogP contribution is -2.33. The number of amides is 1. The number of hydrogen-bond acceptors (Lipinski definition) is 8. The monoisotopic (exact) mass is 504 g/mol. The largest absolute Gasteiger partial charge is 0.463 e. The molecule has 0 bridgehead atoms. The number of anilines is 1. The topological polar surface area (TPSA) is 145 Å². The van der Waals surface area contributed by atoms with Gasteiger partial charge in [0.15, 0.2) is 11.5 Å². The Hall–Kier alpha value is -4.28. The zero-order valence-corrected chi connectivity index (χ0v) is 21.0. The zero-order chi connectivity index (χ0) is 26.0. The van der Waals surface area contributed by atoms with Crippen molar-refractivity contribution >= 4 is 22.9 Å². The van der Waals surface area contributed by atoms with Crippen LogP contribution in [0.15, 0.2) is 53.7 Å². The van der Waals surface area contributed by atoms with Crippen LogP contribution in [-0.4, -0.2) is 53.4 Å². The standard InChI is InChI=1S/C26H32N8O3/c1-2-3-16-37-25-31-23(27)22-24(32-25)34(26(36)30-22)15-7-14-33(18-19-8-5-4-6-9-19)21(35)11-10-20-17-28-12-13-29-20/h4-6,8-9,12-13,17H,2-3,7,10-11,14-16,18H2,1H3,(H,30,36)(H2,27,31,32). The number of aromatic nitrogens is 6. The molecule has 1 amide bonds. The van der Waals surface area contributed by atoms with Crippen molar-refractivity contribution in [3.05, 3.63) is 70.7 Å². The Morgan fingerprint density at radius 1 is 1.16 bits per heavy atom. The molecular weight excluding hydrogens is 472 g/mol. The van der Waals surface area contributed by atoms with Crippen molar-refractivity contribution in [2.24, 2.45) is 0 Å². The summed E-state index contributed by atoms with van der Waals surface area (Å²) in [6.45, 7) is 3.84. The van der Waals surface area contributed by atoms with Gasteiger partial charge >= 0.3 is 11.7 Å². The molecule has 11 nitrogen and oxygen atoms in total. The van der Waals surface area contributed by atoms with Gasteiger partial charge in [0, 0.05) is 44.6 Å². The summed E-state index contributed by atoms with van der Waals surface area (Å²) in [7, 11) is 0. The van der Waals surface area contributed by atoms with Gasteiger partial charge in [-0.3, -0.25) is 19.3 Å². The van der Waals surface area contributed by atoms with Crippen LogP contribution in [-0.2, 0) is 24.3 Å². The highest BCUT2D eigenvalue weighted by Gasteiger charge is 2.17. The second-order valence-corrected chi connectivity index (χ2v) is 8.73. The molecule has 0 aliphatic heterocycles.